The molecule has 2 aliphatic heterocycles. The summed E-state index contributed by atoms with van der Waals surface area (Å²) < 4.78 is 31.5. The lowest BCUT2D eigenvalue weighted by molar-refractivity contribution is -0.172. The lowest BCUT2D eigenvalue weighted by atomic mass is 9.88. The number of nitrogens with one attached hydrogen (secondary N) is 1. The van der Waals surface area contributed by atoms with E-state index in [1.165, 1.54) is 24.3 Å². The largest absolute Gasteiger partial charge is 0.508 e. The van der Waals surface area contributed by atoms with Crippen molar-refractivity contribution in [3.05, 3.63) is 75.4 Å². The summed E-state index contributed by atoms with van der Waals surface area (Å²) in [6, 6.07) is 9.55. The first-order chi connectivity index (χ1) is 20.0. The van der Waals surface area contributed by atoms with Crippen molar-refractivity contribution in [1.82, 2.24) is 10.4 Å². The van der Waals surface area contributed by atoms with E-state index in [0.717, 1.165) is 24.3 Å². The molecule has 0 spiro atoms. The number of alkyl halides is 2. The number of amides is 3. The van der Waals surface area contributed by atoms with Crippen molar-refractivity contribution in [2.45, 2.75) is 25.8 Å². The van der Waals surface area contributed by atoms with Gasteiger partial charge in [0, 0.05) is 35.4 Å². The highest BCUT2D eigenvalue weighted by Crippen LogP contribution is 2.43. The molecule has 0 radical (unpaired) electrons. The normalized spacial score (nSPS) is 13.3. The molecule has 1 aliphatic carbocycles. The molecule has 5 rings (SSSR count). The molecule has 0 saturated carbocycles. The molecule has 42 heavy (non-hydrogen) atoms. The van der Waals surface area contributed by atoms with E-state index in [1.807, 2.05) is 5.32 Å². The van der Waals surface area contributed by atoms with Gasteiger partial charge in [-0.05, 0) is 48.0 Å². The van der Waals surface area contributed by atoms with Crippen LogP contribution in [0.25, 0.3) is 33.4 Å². The molecule has 0 aromatic heterocycles. The van der Waals surface area contributed by atoms with Gasteiger partial charge in [0.15, 0.2) is 5.43 Å². The second kappa shape index (κ2) is 10.7. The molecular weight excluding hydrogens is 562 g/mol. The number of phenols is 1. The highest BCUT2D eigenvalue weighted by atomic mass is 19.3. The summed E-state index contributed by atoms with van der Waals surface area (Å²) in [5.41, 5.74) is -1.43. The quantitative estimate of drug-likeness (QED) is 0.217. The molecule has 3 aliphatic rings. The number of hydrogen-bond donors (Lipinski definition) is 3. The van der Waals surface area contributed by atoms with Crippen molar-refractivity contribution in [3.63, 3.8) is 0 Å². The van der Waals surface area contributed by atoms with E-state index in [0.29, 0.717) is 5.06 Å². The van der Waals surface area contributed by atoms with Crippen LogP contribution in [0.2, 0.25) is 0 Å². The summed E-state index contributed by atoms with van der Waals surface area (Å²) in [4.78, 5) is 78.3. The van der Waals surface area contributed by atoms with Crippen molar-refractivity contribution < 1.29 is 52.2 Å². The number of carbonyl (C=O) groups is 5. The molecule has 2 aromatic rings. The number of halogens is 2. The molecule has 1 saturated heterocycles. The second-order valence-corrected chi connectivity index (χ2v) is 9.12. The van der Waals surface area contributed by atoms with Crippen LogP contribution in [-0.2, 0) is 25.8 Å². The number of benzene rings is 3. The SMILES string of the molecule is O=C(ON1C(=O)CCC1=O)c1ccc(C(=O)O)c(-c2c3ccc(=O)c(CNC(=O)C(F)F)c-3oc3cc(O)ccc23)c1. The van der Waals surface area contributed by atoms with E-state index in [2.05, 4.69) is 0 Å². The summed E-state index contributed by atoms with van der Waals surface area (Å²) in [5, 5.41) is 22.6. The minimum absolute atomic E-state index is 0.0536. The number of imide groups is 1. The van der Waals surface area contributed by atoms with Crippen molar-refractivity contribution in [3.8, 4) is 28.2 Å². The van der Waals surface area contributed by atoms with Crippen molar-refractivity contribution >= 4 is 40.6 Å². The van der Waals surface area contributed by atoms with Crippen LogP contribution < -0.4 is 10.7 Å². The van der Waals surface area contributed by atoms with Gasteiger partial charge in [0.25, 0.3) is 17.7 Å². The Kier molecular flexibility index (Phi) is 7.12. The number of carboxylic acids is 1. The van der Waals surface area contributed by atoms with Crippen molar-refractivity contribution in [2.75, 3.05) is 0 Å². The average molecular weight is 580 g/mol. The summed E-state index contributed by atoms with van der Waals surface area (Å²) in [6.07, 6.45) is -3.64. The first-order valence-electron chi connectivity index (χ1n) is 12.2. The van der Waals surface area contributed by atoms with Gasteiger partial charge in [0.1, 0.15) is 17.1 Å². The second-order valence-electron chi connectivity index (χ2n) is 9.12. The summed E-state index contributed by atoms with van der Waals surface area (Å²) in [7, 11) is 0. The monoisotopic (exact) mass is 580 g/mol. The number of nitrogens with zero attached hydrogens (tertiary/aromatic N) is 1. The molecule has 14 heteroatoms. The van der Waals surface area contributed by atoms with Crippen LogP contribution in [0.3, 0.4) is 0 Å². The minimum atomic E-state index is -3.35. The summed E-state index contributed by atoms with van der Waals surface area (Å²) in [6.45, 7) is -0.664. The molecule has 2 aromatic carbocycles. The molecule has 0 atom stereocenters. The molecule has 3 N–H and O–H groups in total. The topological polar surface area (TPSA) is 181 Å². The Morgan fingerprint density at radius 2 is 1.69 bits per heavy atom. The van der Waals surface area contributed by atoms with Crippen LogP contribution in [0.5, 0.6) is 5.75 Å². The lowest BCUT2D eigenvalue weighted by Crippen LogP contribution is -2.32. The molecule has 12 nitrogen and oxygen atoms in total. The van der Waals surface area contributed by atoms with Gasteiger partial charge >= 0.3 is 18.4 Å². The van der Waals surface area contributed by atoms with E-state index in [1.54, 1.807) is 0 Å². The zero-order chi connectivity index (χ0) is 30.3. The number of carboxylic acid groups (broad SMARTS) is 1. The molecule has 1 fully saturated rings. The van der Waals surface area contributed by atoms with Crippen molar-refractivity contribution in [2.24, 2.45) is 0 Å². The Morgan fingerprint density at radius 1 is 0.976 bits per heavy atom. The number of aromatic carboxylic acids is 1. The maximum Gasteiger partial charge on any atom is 0.363 e. The first kappa shape index (κ1) is 27.9. The molecular formula is C28H18F2N2O10. The summed E-state index contributed by atoms with van der Waals surface area (Å²) in [5.74, 6) is -6.11. The highest BCUT2D eigenvalue weighted by Gasteiger charge is 2.34. The number of carbonyl (C=O) groups excluding carboxylic acids is 4. The van der Waals surface area contributed by atoms with Crippen LogP contribution in [0.15, 0.2) is 57.7 Å². The zero-order valence-electron chi connectivity index (χ0n) is 21.2. The number of aromatic hydroxyl groups is 1. The van der Waals surface area contributed by atoms with Gasteiger partial charge in [0.05, 0.1) is 23.2 Å². The Labute approximate surface area is 233 Å². The molecule has 0 bridgehead atoms. The Hall–Kier alpha value is -5.66. The van der Waals surface area contributed by atoms with Crippen LogP contribution in [0.1, 0.15) is 39.1 Å². The van der Waals surface area contributed by atoms with Gasteiger partial charge in [0.2, 0.25) is 0 Å². The number of phenolic OH excluding ortho intramolecular Hbond substituents is 1. The predicted molar refractivity (Wildman–Crippen MR) is 138 cm³/mol. The van der Waals surface area contributed by atoms with Crippen LogP contribution in [0, 0.1) is 0 Å². The van der Waals surface area contributed by atoms with E-state index in [4.69, 9.17) is 9.25 Å². The number of hydroxylamine groups is 2. The fraction of sp³-hybridized carbons (Fsp3) is 0.143. The maximum absolute atomic E-state index is 12.9. The average Bonchev–Trinajstić information content (AvgIpc) is 3.26. The fourth-order valence-electron chi connectivity index (χ4n) is 4.55. The molecule has 0 unspecified atom stereocenters. The van der Waals surface area contributed by atoms with Gasteiger partial charge < -0.3 is 24.8 Å². The van der Waals surface area contributed by atoms with Crippen molar-refractivity contribution in [1.29, 1.82) is 0 Å². The lowest BCUT2D eigenvalue weighted by Gasteiger charge is -2.20. The van der Waals surface area contributed by atoms with Gasteiger partial charge in [-0.15, -0.1) is 5.06 Å². The molecule has 214 valence electrons. The third-order valence-corrected chi connectivity index (χ3v) is 6.51. The van der Waals surface area contributed by atoms with E-state index in [-0.39, 0.29) is 68.7 Å². The van der Waals surface area contributed by atoms with Crippen LogP contribution in [-0.4, -0.2) is 51.4 Å². The van der Waals surface area contributed by atoms with E-state index >= 15 is 0 Å². The highest BCUT2D eigenvalue weighted by molar-refractivity contribution is 6.09. The Balaban J connectivity index is 1.73. The van der Waals surface area contributed by atoms with Crippen LogP contribution in [0.4, 0.5) is 8.78 Å². The van der Waals surface area contributed by atoms with E-state index in [9.17, 15) is 47.8 Å². The number of fused-ring (bicyclic) bond motifs is 2. The van der Waals surface area contributed by atoms with Crippen LogP contribution >= 0.6 is 0 Å². The molecule has 2 heterocycles. The predicted octanol–water partition coefficient (Wildman–Crippen LogP) is 3.07. The Morgan fingerprint density at radius 3 is 2.36 bits per heavy atom. The van der Waals surface area contributed by atoms with Gasteiger partial charge in [-0.3, -0.25) is 19.2 Å². The number of hydrogen-bond acceptors (Lipinski definition) is 9. The van der Waals surface area contributed by atoms with Gasteiger partial charge in [-0.2, -0.15) is 8.78 Å². The summed E-state index contributed by atoms with van der Waals surface area (Å²) >= 11 is 0. The van der Waals surface area contributed by atoms with Gasteiger partial charge in [-0.25, -0.2) is 9.59 Å². The zero-order valence-corrected chi connectivity index (χ0v) is 21.2. The third-order valence-electron chi connectivity index (χ3n) is 6.51. The smallest absolute Gasteiger partial charge is 0.363 e. The number of rotatable bonds is 7. The first-order valence-corrected chi connectivity index (χ1v) is 12.2. The van der Waals surface area contributed by atoms with E-state index < -0.39 is 48.1 Å². The fourth-order valence-corrected chi connectivity index (χ4v) is 4.55. The minimum Gasteiger partial charge on any atom is -0.508 e. The standard InChI is InChI=1S/C28H18F2N2O10/c29-25(30)26(37)31-11-18-19(34)6-5-16-23(15-4-2-13(33)10-20(15)41-24(16)18)17-9-12(1-3-14(17)27(38)39)28(40)42-32-21(35)7-8-22(32)36/h1-6,9-10,25,33H,7-8,11H2,(H,31,37)(H,38,39). The maximum atomic E-state index is 12.9. The molecule has 3 amide bonds. The van der Waals surface area contributed by atoms with Gasteiger partial charge in [-0.1, -0.05) is 0 Å². The third kappa shape index (κ3) is 5.00. The Bertz CT molecular complexity index is 1830.